The average Bonchev–Trinajstić information content (AvgIpc) is 3.21. The highest BCUT2D eigenvalue weighted by Crippen LogP contribution is 2.30. The summed E-state index contributed by atoms with van der Waals surface area (Å²) in [5, 5.41) is 1.35. The molecule has 0 N–H and O–H groups in total. The van der Waals surface area contributed by atoms with Crippen LogP contribution < -0.4 is 4.90 Å². The summed E-state index contributed by atoms with van der Waals surface area (Å²) in [4.78, 5) is 27.4. The van der Waals surface area contributed by atoms with E-state index >= 15 is 0 Å². The van der Waals surface area contributed by atoms with Crippen LogP contribution in [0.15, 0.2) is 67.3 Å². The highest BCUT2D eigenvalue weighted by atomic mass is 35.5. The fraction of sp³-hybridized carbons (Fsp3) is 0.0526. The van der Waals surface area contributed by atoms with Crippen LogP contribution in [-0.4, -0.2) is 32.5 Å². The summed E-state index contributed by atoms with van der Waals surface area (Å²) < 4.78 is 1.35. The quantitative estimate of drug-likeness (QED) is 0.551. The molecule has 0 unspecified atom stereocenters. The zero-order valence-corrected chi connectivity index (χ0v) is 14.6. The second-order valence-electron chi connectivity index (χ2n) is 5.70. The Morgan fingerprint density at radius 3 is 2.65 bits per heavy atom. The van der Waals surface area contributed by atoms with Crippen molar-refractivity contribution in [2.24, 2.45) is 0 Å². The number of imidazole rings is 1. The van der Waals surface area contributed by atoms with E-state index in [1.165, 1.54) is 17.1 Å². The molecule has 0 amide bonds. The van der Waals surface area contributed by atoms with Crippen LogP contribution in [0.2, 0.25) is 5.02 Å². The minimum Gasteiger partial charge on any atom is -0.329 e. The minimum atomic E-state index is -0.345. The van der Waals surface area contributed by atoms with Gasteiger partial charge in [0.1, 0.15) is 12.1 Å². The van der Waals surface area contributed by atoms with E-state index in [0.29, 0.717) is 16.4 Å². The van der Waals surface area contributed by atoms with Gasteiger partial charge in [0.2, 0.25) is 5.82 Å². The van der Waals surface area contributed by atoms with Gasteiger partial charge >= 0.3 is 5.91 Å². The van der Waals surface area contributed by atoms with Crippen molar-refractivity contribution < 1.29 is 4.79 Å². The molecule has 0 aliphatic rings. The van der Waals surface area contributed by atoms with Crippen LogP contribution in [0.4, 0.5) is 11.5 Å². The Hall–Kier alpha value is -3.25. The Bertz CT molecular complexity index is 1080. The Morgan fingerprint density at radius 2 is 1.92 bits per heavy atom. The van der Waals surface area contributed by atoms with Crippen LogP contribution in [0, 0.1) is 0 Å². The third-order valence-corrected chi connectivity index (χ3v) is 4.26. The van der Waals surface area contributed by atoms with Crippen molar-refractivity contribution in [3.05, 3.63) is 78.1 Å². The van der Waals surface area contributed by atoms with E-state index in [1.54, 1.807) is 24.4 Å². The first-order valence-electron chi connectivity index (χ1n) is 7.92. The molecule has 0 atom stereocenters. The molecule has 4 aromatic rings. The molecule has 2 aromatic carbocycles. The van der Waals surface area contributed by atoms with Gasteiger partial charge in [-0.05, 0) is 30.3 Å². The molecule has 0 saturated carbocycles. The van der Waals surface area contributed by atoms with Crippen LogP contribution in [-0.2, 0) is 0 Å². The third-order valence-electron chi connectivity index (χ3n) is 4.03. The standard InChI is InChI=1S/C19H14ClN5O/c1-24(14-5-3-2-4-6-14)18-15-11-13(20)7-8-16(15)22-17(23-18)19(26)25-10-9-21-12-25/h2-12H,1H3. The zero-order valence-electron chi connectivity index (χ0n) is 13.9. The van der Waals surface area contributed by atoms with Crippen molar-refractivity contribution in [2.45, 2.75) is 0 Å². The molecular weight excluding hydrogens is 350 g/mol. The molecule has 4 rings (SSSR count). The van der Waals surface area contributed by atoms with Crippen molar-refractivity contribution in [3.63, 3.8) is 0 Å². The maximum Gasteiger partial charge on any atom is 0.301 e. The van der Waals surface area contributed by atoms with Gasteiger partial charge in [-0.3, -0.25) is 9.36 Å². The lowest BCUT2D eigenvalue weighted by molar-refractivity contribution is 0.0950. The maximum atomic E-state index is 12.7. The number of carbonyl (C=O) groups excluding carboxylic acids is 1. The Morgan fingerprint density at radius 1 is 1.12 bits per heavy atom. The van der Waals surface area contributed by atoms with Gasteiger partial charge in [0.05, 0.1) is 5.52 Å². The monoisotopic (exact) mass is 363 g/mol. The zero-order chi connectivity index (χ0) is 18.1. The van der Waals surface area contributed by atoms with E-state index < -0.39 is 0 Å². The van der Waals surface area contributed by atoms with Gasteiger partial charge in [0, 0.05) is 35.5 Å². The predicted octanol–water partition coefficient (Wildman–Crippen LogP) is 3.94. The highest BCUT2D eigenvalue weighted by Gasteiger charge is 2.18. The molecule has 2 heterocycles. The minimum absolute atomic E-state index is 0.0932. The number of fused-ring (bicyclic) bond motifs is 1. The van der Waals surface area contributed by atoms with E-state index in [4.69, 9.17) is 11.6 Å². The number of benzene rings is 2. The van der Waals surface area contributed by atoms with Gasteiger partial charge in [-0.25, -0.2) is 15.0 Å². The Kier molecular flexibility index (Phi) is 4.10. The lowest BCUT2D eigenvalue weighted by Crippen LogP contribution is -2.18. The first kappa shape index (κ1) is 16.2. The number of para-hydroxylation sites is 1. The van der Waals surface area contributed by atoms with Crippen LogP contribution >= 0.6 is 11.6 Å². The molecule has 26 heavy (non-hydrogen) atoms. The summed E-state index contributed by atoms with van der Waals surface area (Å²) >= 11 is 6.17. The first-order valence-corrected chi connectivity index (χ1v) is 8.30. The van der Waals surface area contributed by atoms with Crippen molar-refractivity contribution in [1.29, 1.82) is 0 Å². The van der Waals surface area contributed by atoms with Gasteiger partial charge in [0.25, 0.3) is 0 Å². The van der Waals surface area contributed by atoms with E-state index in [9.17, 15) is 4.79 Å². The lowest BCUT2D eigenvalue weighted by atomic mass is 10.2. The molecule has 0 saturated heterocycles. The van der Waals surface area contributed by atoms with Gasteiger partial charge in [-0.15, -0.1) is 0 Å². The topological polar surface area (TPSA) is 63.9 Å². The molecule has 7 heteroatoms. The molecule has 0 bridgehead atoms. The summed E-state index contributed by atoms with van der Waals surface area (Å²) in [6.45, 7) is 0. The molecule has 0 fully saturated rings. The number of anilines is 2. The molecule has 6 nitrogen and oxygen atoms in total. The summed E-state index contributed by atoms with van der Waals surface area (Å²) in [7, 11) is 1.89. The van der Waals surface area contributed by atoms with E-state index in [2.05, 4.69) is 15.0 Å². The molecule has 0 aliphatic heterocycles. The third kappa shape index (κ3) is 2.91. The summed E-state index contributed by atoms with van der Waals surface area (Å²) in [6.07, 6.45) is 4.53. The van der Waals surface area contributed by atoms with Gasteiger partial charge < -0.3 is 4.90 Å². The number of carbonyl (C=O) groups is 1. The fourth-order valence-corrected chi connectivity index (χ4v) is 2.88. The van der Waals surface area contributed by atoms with Crippen LogP contribution in [0.3, 0.4) is 0 Å². The summed E-state index contributed by atoms with van der Waals surface area (Å²) in [6, 6.07) is 15.1. The molecule has 2 aromatic heterocycles. The predicted molar refractivity (Wildman–Crippen MR) is 101 cm³/mol. The van der Waals surface area contributed by atoms with Crippen molar-refractivity contribution in [3.8, 4) is 0 Å². The highest BCUT2D eigenvalue weighted by molar-refractivity contribution is 6.31. The first-order chi connectivity index (χ1) is 12.6. The Balaban J connectivity index is 1.91. The number of aromatic nitrogens is 4. The van der Waals surface area contributed by atoms with Crippen molar-refractivity contribution >= 4 is 39.9 Å². The number of halogens is 1. The lowest BCUT2D eigenvalue weighted by Gasteiger charge is -2.20. The largest absolute Gasteiger partial charge is 0.329 e. The maximum absolute atomic E-state index is 12.7. The molecular formula is C19H14ClN5O. The molecule has 0 spiro atoms. The van der Waals surface area contributed by atoms with Crippen LogP contribution in [0.25, 0.3) is 10.9 Å². The normalized spacial score (nSPS) is 10.8. The van der Waals surface area contributed by atoms with E-state index in [-0.39, 0.29) is 11.7 Å². The van der Waals surface area contributed by atoms with Crippen molar-refractivity contribution in [2.75, 3.05) is 11.9 Å². The van der Waals surface area contributed by atoms with Gasteiger partial charge in [-0.1, -0.05) is 29.8 Å². The summed E-state index contributed by atoms with van der Waals surface area (Å²) in [5.41, 5.74) is 1.58. The second-order valence-corrected chi connectivity index (χ2v) is 6.14. The average molecular weight is 364 g/mol. The van der Waals surface area contributed by atoms with Crippen LogP contribution in [0.1, 0.15) is 10.6 Å². The number of hydrogen-bond acceptors (Lipinski definition) is 5. The molecule has 0 radical (unpaired) electrons. The van der Waals surface area contributed by atoms with Gasteiger partial charge in [-0.2, -0.15) is 0 Å². The number of nitrogens with zero attached hydrogens (tertiary/aromatic N) is 5. The fourth-order valence-electron chi connectivity index (χ4n) is 2.70. The van der Waals surface area contributed by atoms with E-state index in [0.717, 1.165) is 11.1 Å². The van der Waals surface area contributed by atoms with Crippen LogP contribution in [0.5, 0.6) is 0 Å². The summed E-state index contributed by atoms with van der Waals surface area (Å²) in [5.74, 6) is 0.352. The smallest absolute Gasteiger partial charge is 0.301 e. The second kappa shape index (κ2) is 6.57. The Labute approximate surface area is 154 Å². The van der Waals surface area contributed by atoms with Crippen molar-refractivity contribution in [1.82, 2.24) is 19.5 Å². The molecule has 128 valence electrons. The number of hydrogen-bond donors (Lipinski definition) is 0. The van der Waals surface area contributed by atoms with Gasteiger partial charge in [0.15, 0.2) is 0 Å². The van der Waals surface area contributed by atoms with E-state index in [1.807, 2.05) is 42.3 Å². The molecule has 0 aliphatic carbocycles. The number of rotatable bonds is 3. The SMILES string of the molecule is CN(c1ccccc1)c1nc(C(=O)n2ccnc2)nc2ccc(Cl)cc12.